The van der Waals surface area contributed by atoms with E-state index in [2.05, 4.69) is 60.7 Å². The van der Waals surface area contributed by atoms with Gasteiger partial charge in [-0.3, -0.25) is 4.98 Å². The van der Waals surface area contributed by atoms with Gasteiger partial charge in [0.2, 0.25) is 0 Å². The zero-order valence-corrected chi connectivity index (χ0v) is 30.7. The quantitative estimate of drug-likeness (QED) is 0.111. The third-order valence-electron chi connectivity index (χ3n) is 8.83. The zero-order chi connectivity index (χ0) is 35.8. The first kappa shape index (κ1) is 37.7. The maximum atomic E-state index is 14.1. The highest BCUT2D eigenvalue weighted by atomic mass is 35.5. The van der Waals surface area contributed by atoms with Crippen LogP contribution in [0.3, 0.4) is 0 Å². The summed E-state index contributed by atoms with van der Waals surface area (Å²) in [4.78, 5) is 12.8. The number of halogens is 4. The minimum Gasteiger partial charge on any atom is -0.380 e. The highest BCUT2D eigenvalue weighted by Gasteiger charge is 2.46. The van der Waals surface area contributed by atoms with Crippen LogP contribution in [-0.2, 0) is 32.3 Å². The number of aliphatic hydroxyl groups excluding tert-OH is 1. The first-order chi connectivity index (χ1) is 22.4. The van der Waals surface area contributed by atoms with Crippen molar-refractivity contribution in [2.75, 3.05) is 25.3 Å². The molecule has 0 aliphatic heterocycles. The van der Waals surface area contributed by atoms with E-state index in [0.29, 0.717) is 39.3 Å². The largest absolute Gasteiger partial charge is 0.417 e. The number of alkyl halides is 3. The third-order valence-corrected chi connectivity index (χ3v) is 17.6. The Morgan fingerprint density at radius 1 is 0.958 bits per heavy atom. The van der Waals surface area contributed by atoms with Gasteiger partial charge in [0.05, 0.1) is 39.2 Å². The number of methoxy groups -OCH3 is 2. The normalized spacial score (nSPS) is 13.7. The molecule has 1 N–H and O–H groups in total. The molecule has 0 radical (unpaired) electrons. The molecule has 10 nitrogen and oxygen atoms in total. The lowest BCUT2D eigenvalue weighted by molar-refractivity contribution is -0.137. The van der Waals surface area contributed by atoms with Crippen LogP contribution in [0.15, 0.2) is 53.9 Å². The summed E-state index contributed by atoms with van der Waals surface area (Å²) in [5, 5.41) is 11.9. The molecule has 4 aromatic rings. The van der Waals surface area contributed by atoms with Gasteiger partial charge >= 0.3 is 6.18 Å². The number of nitrogens with zero attached hydrogens (tertiary/aromatic N) is 5. The van der Waals surface area contributed by atoms with E-state index in [1.807, 2.05) is 12.3 Å². The summed E-state index contributed by atoms with van der Waals surface area (Å²) in [5.41, 5.74) is 0.730. The number of hydrogen-bond donors (Lipinski definition) is 1. The second-order valence-electron chi connectivity index (χ2n) is 12.5. The van der Waals surface area contributed by atoms with Gasteiger partial charge in [-0.15, -0.1) is 0 Å². The Kier molecular flexibility index (Phi) is 11.3. The van der Waals surface area contributed by atoms with Gasteiger partial charge in [-0.25, -0.2) is 22.7 Å². The van der Waals surface area contributed by atoms with Crippen molar-refractivity contribution < 1.29 is 36.2 Å². The lowest BCUT2D eigenvalue weighted by Crippen LogP contribution is -2.51. The van der Waals surface area contributed by atoms with Crippen molar-refractivity contribution in [1.82, 2.24) is 19.2 Å². The van der Waals surface area contributed by atoms with Crippen LogP contribution >= 0.6 is 11.6 Å². The molecule has 0 saturated heterocycles. The van der Waals surface area contributed by atoms with Crippen molar-refractivity contribution in [1.29, 1.82) is 0 Å². The molecule has 0 bridgehead atoms. The maximum Gasteiger partial charge on any atom is 0.417 e. The number of sulfonamides is 1. The number of hydrogen-bond acceptors (Lipinski definition) is 8. The Bertz CT molecular complexity index is 1850. The molecule has 3 aromatic heterocycles. The topological polar surface area (TPSA) is 120 Å². The molecule has 0 aliphatic rings. The second kappa shape index (κ2) is 14.4. The van der Waals surface area contributed by atoms with Gasteiger partial charge < -0.3 is 18.8 Å². The van der Waals surface area contributed by atoms with Crippen LogP contribution in [-0.4, -0.2) is 61.9 Å². The number of benzene rings is 1. The number of aliphatic hydroxyl groups is 1. The van der Waals surface area contributed by atoms with E-state index in [1.165, 1.54) is 32.8 Å². The van der Waals surface area contributed by atoms with Crippen molar-refractivity contribution in [3.05, 3.63) is 76.6 Å². The molecule has 0 amide bonds. The fourth-order valence-electron chi connectivity index (χ4n) is 7.02. The number of anilines is 1. The van der Waals surface area contributed by atoms with Crippen LogP contribution in [0.4, 0.5) is 18.9 Å². The summed E-state index contributed by atoms with van der Waals surface area (Å²) in [6.45, 7) is 12.7. The second-order valence-corrected chi connectivity index (χ2v) is 20.5. The molecule has 0 aliphatic carbocycles. The zero-order valence-electron chi connectivity index (χ0n) is 28.1. The molecule has 3 heterocycles. The molecule has 0 saturated carbocycles. The molecule has 16 heteroatoms. The van der Waals surface area contributed by atoms with E-state index in [1.54, 1.807) is 0 Å². The van der Waals surface area contributed by atoms with Crippen molar-refractivity contribution in [2.24, 2.45) is 0 Å². The summed E-state index contributed by atoms with van der Waals surface area (Å²) in [6.07, 6.45) is -1.72. The number of ether oxygens (including phenoxy) is 2. The van der Waals surface area contributed by atoms with Gasteiger partial charge in [-0.05, 0) is 58.7 Å². The van der Waals surface area contributed by atoms with Crippen molar-refractivity contribution >= 4 is 46.6 Å². The standard InChI is InChI=1S/C32H41ClF3N5O5SSi/c1-19(2)48(20(3)4,21(5)6)41-12-11-24-28(38-17-39-31(24)41)30(42)29-27(13-22(15-37-29)16-45-7)40(18-46-8)47(43,44)23-9-10-26(33)25(14-23)32(34,35)36/h9-15,17,19-21,30,42H,16,18H2,1-8H3. The predicted octanol–water partition coefficient (Wildman–Crippen LogP) is 7.55. The lowest BCUT2D eigenvalue weighted by Gasteiger charge is -2.44. The van der Waals surface area contributed by atoms with E-state index in [0.717, 1.165) is 16.4 Å². The molecule has 262 valence electrons. The molecular formula is C32H41ClF3N5O5SSi. The summed E-state index contributed by atoms with van der Waals surface area (Å²) >= 11 is 5.79. The fraction of sp³-hybridized carbons (Fsp3) is 0.469. The molecule has 0 spiro atoms. The van der Waals surface area contributed by atoms with Gasteiger partial charge in [-0.1, -0.05) is 53.1 Å². The Hall–Kier alpha value is -3.08. The molecule has 0 fully saturated rings. The van der Waals surface area contributed by atoms with Crippen LogP contribution in [0.1, 0.15) is 70.2 Å². The summed E-state index contributed by atoms with van der Waals surface area (Å²) in [6, 6.07) is 5.59. The molecule has 48 heavy (non-hydrogen) atoms. The van der Waals surface area contributed by atoms with E-state index >= 15 is 0 Å². The first-order valence-electron chi connectivity index (χ1n) is 15.3. The van der Waals surface area contributed by atoms with Gasteiger partial charge in [0.15, 0.2) is 8.24 Å². The number of aromatic nitrogens is 4. The Morgan fingerprint density at radius 2 is 1.60 bits per heavy atom. The summed E-state index contributed by atoms with van der Waals surface area (Å²) < 4.78 is 82.8. The highest BCUT2D eigenvalue weighted by molar-refractivity contribution is 7.92. The van der Waals surface area contributed by atoms with Gasteiger partial charge in [0.1, 0.15) is 24.8 Å². The highest BCUT2D eigenvalue weighted by Crippen LogP contribution is 2.45. The van der Waals surface area contributed by atoms with E-state index in [9.17, 15) is 26.7 Å². The first-order valence-corrected chi connectivity index (χ1v) is 19.3. The van der Waals surface area contributed by atoms with Crippen LogP contribution < -0.4 is 4.31 Å². The Balaban J connectivity index is 1.95. The van der Waals surface area contributed by atoms with Crippen LogP contribution in [0.5, 0.6) is 0 Å². The predicted molar refractivity (Wildman–Crippen MR) is 181 cm³/mol. The van der Waals surface area contributed by atoms with Crippen LogP contribution in [0.25, 0.3) is 11.0 Å². The third kappa shape index (κ3) is 6.72. The molecule has 1 unspecified atom stereocenters. The van der Waals surface area contributed by atoms with E-state index < -0.39 is 52.8 Å². The van der Waals surface area contributed by atoms with Gasteiger partial charge in [-0.2, -0.15) is 13.2 Å². The number of rotatable bonds is 13. The molecule has 4 rings (SSSR count). The molecular weight excluding hydrogens is 687 g/mol. The average Bonchev–Trinajstić information content (AvgIpc) is 3.43. The van der Waals surface area contributed by atoms with Crippen molar-refractivity contribution in [2.45, 2.75) is 81.9 Å². The van der Waals surface area contributed by atoms with Gasteiger partial charge in [0.25, 0.3) is 10.0 Å². The monoisotopic (exact) mass is 727 g/mol. The maximum absolute atomic E-state index is 14.1. The smallest absolute Gasteiger partial charge is 0.380 e. The van der Waals surface area contributed by atoms with Crippen LogP contribution in [0.2, 0.25) is 21.6 Å². The van der Waals surface area contributed by atoms with E-state index in [-0.39, 0.29) is 23.7 Å². The molecule has 1 aromatic carbocycles. The van der Waals surface area contributed by atoms with Crippen molar-refractivity contribution in [3.8, 4) is 0 Å². The van der Waals surface area contributed by atoms with E-state index in [4.69, 9.17) is 21.1 Å². The molecule has 1 atom stereocenters. The Labute approximate surface area is 285 Å². The lowest BCUT2D eigenvalue weighted by atomic mass is 10.1. The average molecular weight is 728 g/mol. The van der Waals surface area contributed by atoms with Crippen molar-refractivity contribution in [3.63, 3.8) is 0 Å². The SMILES string of the molecule is COCc1cnc(C(O)c2ncnc3c2ccn3[Si](C(C)C)(C(C)C)C(C)C)c(N(COC)S(=O)(=O)c2ccc(Cl)c(C(F)(F)F)c2)c1. The van der Waals surface area contributed by atoms with Crippen LogP contribution in [0, 0.1) is 0 Å². The Morgan fingerprint density at radius 3 is 2.17 bits per heavy atom. The summed E-state index contributed by atoms with van der Waals surface area (Å²) in [5.74, 6) is 0. The minimum absolute atomic E-state index is 0.0311. The number of pyridine rings is 1. The minimum atomic E-state index is -4.91. The number of fused-ring (bicyclic) bond motifs is 1. The summed E-state index contributed by atoms with van der Waals surface area (Å²) in [7, 11) is -4.34. The van der Waals surface area contributed by atoms with Gasteiger partial charge in [0, 0.05) is 25.8 Å². The fourth-order valence-corrected chi connectivity index (χ4v) is 15.2.